The van der Waals surface area contributed by atoms with Gasteiger partial charge in [0.15, 0.2) is 6.10 Å². The molecule has 1 heterocycles. The smallest absolute Gasteiger partial charge is 0.309 e. The number of thiazole rings is 1. The predicted molar refractivity (Wildman–Crippen MR) is 65.6 cm³/mol. The highest BCUT2D eigenvalue weighted by Gasteiger charge is 2.44. The van der Waals surface area contributed by atoms with Crippen LogP contribution >= 0.6 is 11.3 Å². The standard InChI is InChI=1S/C13H17NO2S/c1-8(12-14-4-5-17-12)16-13(15)11-7-9-2-3-10(11)6-9/h4-5,8-11H,2-3,6-7H2,1H3. The third kappa shape index (κ3) is 2.10. The molecule has 0 aromatic carbocycles. The molecule has 1 aromatic rings. The minimum atomic E-state index is -0.193. The van der Waals surface area contributed by atoms with Gasteiger partial charge in [-0.25, -0.2) is 4.98 Å². The molecule has 2 bridgehead atoms. The number of hydrogen-bond acceptors (Lipinski definition) is 4. The first-order valence-electron chi connectivity index (χ1n) is 6.34. The summed E-state index contributed by atoms with van der Waals surface area (Å²) in [6.07, 6.45) is 6.38. The zero-order valence-electron chi connectivity index (χ0n) is 9.96. The molecule has 4 atom stereocenters. The van der Waals surface area contributed by atoms with Gasteiger partial charge in [0, 0.05) is 11.6 Å². The average molecular weight is 251 g/mol. The first-order valence-corrected chi connectivity index (χ1v) is 7.22. The second kappa shape index (κ2) is 4.41. The normalized spacial score (nSPS) is 32.6. The van der Waals surface area contributed by atoms with Gasteiger partial charge in [-0.2, -0.15) is 0 Å². The molecule has 0 saturated heterocycles. The first-order chi connectivity index (χ1) is 8.24. The fourth-order valence-electron chi connectivity index (χ4n) is 3.28. The minimum absolute atomic E-state index is 0.0000926. The molecule has 4 heteroatoms. The van der Waals surface area contributed by atoms with Gasteiger partial charge in [0.05, 0.1) is 5.92 Å². The number of fused-ring (bicyclic) bond motifs is 2. The van der Waals surface area contributed by atoms with Crippen molar-refractivity contribution in [3.63, 3.8) is 0 Å². The van der Waals surface area contributed by atoms with Crippen LogP contribution in [0.5, 0.6) is 0 Å². The summed E-state index contributed by atoms with van der Waals surface area (Å²) in [5.74, 6) is 1.54. The van der Waals surface area contributed by atoms with E-state index >= 15 is 0 Å². The molecule has 0 amide bonds. The van der Waals surface area contributed by atoms with Gasteiger partial charge in [-0.05, 0) is 38.0 Å². The number of esters is 1. The highest BCUT2D eigenvalue weighted by atomic mass is 32.1. The van der Waals surface area contributed by atoms with E-state index in [-0.39, 0.29) is 18.0 Å². The Morgan fingerprint density at radius 2 is 2.41 bits per heavy atom. The Morgan fingerprint density at radius 1 is 1.53 bits per heavy atom. The van der Waals surface area contributed by atoms with E-state index in [4.69, 9.17) is 4.74 Å². The maximum absolute atomic E-state index is 12.1. The maximum atomic E-state index is 12.1. The van der Waals surface area contributed by atoms with Gasteiger partial charge in [-0.1, -0.05) is 6.42 Å². The number of hydrogen-bond donors (Lipinski definition) is 0. The van der Waals surface area contributed by atoms with E-state index in [1.54, 1.807) is 17.5 Å². The summed E-state index contributed by atoms with van der Waals surface area (Å²) >= 11 is 1.54. The van der Waals surface area contributed by atoms with E-state index in [1.807, 2.05) is 12.3 Å². The van der Waals surface area contributed by atoms with Crippen molar-refractivity contribution in [2.75, 3.05) is 0 Å². The van der Waals surface area contributed by atoms with Crippen molar-refractivity contribution in [1.82, 2.24) is 4.98 Å². The first kappa shape index (κ1) is 11.2. The van der Waals surface area contributed by atoms with E-state index in [2.05, 4.69) is 4.98 Å². The lowest BCUT2D eigenvalue weighted by Gasteiger charge is -2.21. The average Bonchev–Trinajstić information content (AvgIpc) is 3.05. The van der Waals surface area contributed by atoms with Gasteiger partial charge in [-0.15, -0.1) is 11.3 Å². The molecule has 0 N–H and O–H groups in total. The lowest BCUT2D eigenvalue weighted by atomic mass is 9.89. The Balaban J connectivity index is 1.60. The molecule has 0 aliphatic heterocycles. The van der Waals surface area contributed by atoms with Crippen LogP contribution in [0.3, 0.4) is 0 Å². The van der Waals surface area contributed by atoms with Crippen LogP contribution in [0.15, 0.2) is 11.6 Å². The van der Waals surface area contributed by atoms with E-state index in [0.29, 0.717) is 5.92 Å². The van der Waals surface area contributed by atoms with Crippen LogP contribution in [-0.4, -0.2) is 11.0 Å². The lowest BCUT2D eigenvalue weighted by molar-refractivity contribution is -0.155. The fourth-order valence-corrected chi connectivity index (χ4v) is 3.90. The van der Waals surface area contributed by atoms with E-state index in [1.165, 1.54) is 19.3 Å². The van der Waals surface area contributed by atoms with Crippen molar-refractivity contribution in [1.29, 1.82) is 0 Å². The van der Waals surface area contributed by atoms with Crippen molar-refractivity contribution in [3.8, 4) is 0 Å². The minimum Gasteiger partial charge on any atom is -0.455 e. The number of rotatable bonds is 3. The Morgan fingerprint density at radius 3 is 3.00 bits per heavy atom. The lowest BCUT2D eigenvalue weighted by Crippen LogP contribution is -2.24. The Kier molecular flexibility index (Phi) is 2.90. The Bertz CT molecular complexity index is 404. The van der Waals surface area contributed by atoms with Gasteiger partial charge < -0.3 is 4.74 Å². The molecule has 0 spiro atoms. The number of nitrogens with zero attached hydrogens (tertiary/aromatic N) is 1. The van der Waals surface area contributed by atoms with Gasteiger partial charge in [0.1, 0.15) is 5.01 Å². The van der Waals surface area contributed by atoms with Crippen LogP contribution < -0.4 is 0 Å². The molecule has 3 rings (SSSR count). The van der Waals surface area contributed by atoms with Crippen molar-refractivity contribution in [3.05, 3.63) is 16.6 Å². The van der Waals surface area contributed by atoms with Crippen LogP contribution in [0.2, 0.25) is 0 Å². The van der Waals surface area contributed by atoms with Gasteiger partial charge in [0.2, 0.25) is 0 Å². The second-order valence-electron chi connectivity index (χ2n) is 5.23. The zero-order valence-corrected chi connectivity index (χ0v) is 10.8. The van der Waals surface area contributed by atoms with Crippen molar-refractivity contribution < 1.29 is 9.53 Å². The van der Waals surface area contributed by atoms with E-state index < -0.39 is 0 Å². The summed E-state index contributed by atoms with van der Waals surface area (Å²) < 4.78 is 5.54. The summed E-state index contributed by atoms with van der Waals surface area (Å²) in [7, 11) is 0. The van der Waals surface area contributed by atoms with Crippen LogP contribution in [0.1, 0.15) is 43.7 Å². The Labute approximate surface area is 105 Å². The molecule has 2 aliphatic rings. The molecule has 4 unspecified atom stereocenters. The molecule has 2 saturated carbocycles. The van der Waals surface area contributed by atoms with Crippen LogP contribution in [0.25, 0.3) is 0 Å². The third-order valence-corrected chi connectivity index (χ3v) is 5.07. The number of carbonyl (C=O) groups excluding carboxylic acids is 1. The van der Waals surface area contributed by atoms with Crippen molar-refractivity contribution in [2.24, 2.45) is 17.8 Å². The highest BCUT2D eigenvalue weighted by Crippen LogP contribution is 2.49. The van der Waals surface area contributed by atoms with Gasteiger partial charge in [0.25, 0.3) is 0 Å². The molecule has 3 nitrogen and oxygen atoms in total. The fraction of sp³-hybridized carbons (Fsp3) is 0.692. The Hall–Kier alpha value is -0.900. The molecular formula is C13H17NO2S. The summed E-state index contributed by atoms with van der Waals surface area (Å²) in [4.78, 5) is 16.3. The number of aromatic nitrogens is 1. The van der Waals surface area contributed by atoms with E-state index in [9.17, 15) is 4.79 Å². The summed E-state index contributed by atoms with van der Waals surface area (Å²) in [6.45, 7) is 1.91. The molecule has 2 aliphatic carbocycles. The molecule has 92 valence electrons. The summed E-state index contributed by atoms with van der Waals surface area (Å²) in [5, 5.41) is 2.80. The van der Waals surface area contributed by atoms with E-state index in [0.717, 1.165) is 17.3 Å². The third-order valence-electron chi connectivity index (χ3n) is 4.13. The number of ether oxygens (including phenoxy) is 1. The van der Waals surface area contributed by atoms with Crippen LogP contribution in [-0.2, 0) is 9.53 Å². The molecule has 17 heavy (non-hydrogen) atoms. The van der Waals surface area contributed by atoms with Gasteiger partial charge in [-0.3, -0.25) is 4.79 Å². The molecule has 2 fully saturated rings. The number of carbonyl (C=O) groups is 1. The summed E-state index contributed by atoms with van der Waals surface area (Å²) in [6, 6.07) is 0. The van der Waals surface area contributed by atoms with Crippen LogP contribution in [0, 0.1) is 17.8 Å². The second-order valence-corrected chi connectivity index (χ2v) is 6.16. The van der Waals surface area contributed by atoms with Crippen LogP contribution in [0.4, 0.5) is 0 Å². The molecular weight excluding hydrogens is 234 g/mol. The quantitative estimate of drug-likeness (QED) is 0.774. The molecule has 0 radical (unpaired) electrons. The molecule has 1 aromatic heterocycles. The summed E-state index contributed by atoms with van der Waals surface area (Å²) in [5.41, 5.74) is 0. The van der Waals surface area contributed by atoms with Gasteiger partial charge >= 0.3 is 5.97 Å². The monoisotopic (exact) mass is 251 g/mol. The maximum Gasteiger partial charge on any atom is 0.309 e. The van der Waals surface area contributed by atoms with Crippen molar-refractivity contribution >= 4 is 17.3 Å². The topological polar surface area (TPSA) is 39.2 Å². The SMILES string of the molecule is CC(OC(=O)C1CC2CCC1C2)c1nccs1. The zero-order chi connectivity index (χ0) is 11.8. The van der Waals surface area contributed by atoms with Crippen molar-refractivity contribution in [2.45, 2.75) is 38.7 Å². The highest BCUT2D eigenvalue weighted by molar-refractivity contribution is 7.09. The predicted octanol–water partition coefficient (Wildman–Crippen LogP) is 3.18. The largest absolute Gasteiger partial charge is 0.455 e.